The summed E-state index contributed by atoms with van der Waals surface area (Å²) in [4.78, 5) is 2.58. The summed E-state index contributed by atoms with van der Waals surface area (Å²) in [5.41, 5.74) is 5.06. The summed E-state index contributed by atoms with van der Waals surface area (Å²) in [5.74, 6) is 0. The quantitative estimate of drug-likeness (QED) is 0.239. The zero-order valence-electron chi connectivity index (χ0n) is 19.2. The van der Waals surface area contributed by atoms with E-state index in [1.807, 2.05) is 22.7 Å². The summed E-state index contributed by atoms with van der Waals surface area (Å²) in [7, 11) is 0. The fraction of sp³-hybridized carbons (Fsp3) is 0.0625. The molecular formula is C32H24S2. The summed E-state index contributed by atoms with van der Waals surface area (Å²) in [5, 5.41) is 5.25. The fourth-order valence-electron chi connectivity index (χ4n) is 4.24. The van der Waals surface area contributed by atoms with Gasteiger partial charge in [0, 0.05) is 19.2 Å². The molecule has 0 aliphatic heterocycles. The van der Waals surface area contributed by atoms with E-state index in [0.29, 0.717) is 0 Å². The Balaban J connectivity index is 1.31. The van der Waals surface area contributed by atoms with Gasteiger partial charge >= 0.3 is 0 Å². The zero-order chi connectivity index (χ0) is 23.1. The molecule has 0 saturated carbocycles. The van der Waals surface area contributed by atoms with Crippen molar-refractivity contribution in [1.82, 2.24) is 0 Å². The van der Waals surface area contributed by atoms with Gasteiger partial charge in [-0.1, -0.05) is 71.8 Å². The van der Waals surface area contributed by atoms with Crippen LogP contribution in [0.3, 0.4) is 0 Å². The van der Waals surface area contributed by atoms with Gasteiger partial charge in [0.25, 0.3) is 0 Å². The molecule has 0 bridgehead atoms. The highest BCUT2D eigenvalue weighted by atomic mass is 32.1. The van der Waals surface area contributed by atoms with Crippen molar-refractivity contribution in [2.24, 2.45) is 0 Å². The van der Waals surface area contributed by atoms with E-state index in [9.17, 15) is 0 Å². The molecule has 4 aromatic carbocycles. The highest BCUT2D eigenvalue weighted by Crippen LogP contribution is 2.35. The molecule has 0 nitrogen and oxygen atoms in total. The smallest absolute Gasteiger partial charge is 0.0355 e. The molecule has 0 unspecified atom stereocenters. The zero-order valence-corrected chi connectivity index (χ0v) is 20.8. The first-order chi connectivity index (χ1) is 16.6. The van der Waals surface area contributed by atoms with Crippen molar-refractivity contribution >= 4 is 77.9 Å². The van der Waals surface area contributed by atoms with E-state index in [1.54, 1.807) is 0 Å². The number of hydrogen-bond donors (Lipinski definition) is 0. The van der Waals surface area contributed by atoms with Crippen molar-refractivity contribution in [2.75, 3.05) is 0 Å². The van der Waals surface area contributed by atoms with Gasteiger partial charge in [0.15, 0.2) is 0 Å². The molecule has 0 aliphatic carbocycles. The third-order valence-corrected chi connectivity index (χ3v) is 8.31. The van der Waals surface area contributed by atoms with Crippen LogP contribution in [0, 0.1) is 13.8 Å². The minimum atomic E-state index is 1.24. The molecule has 0 N–H and O–H groups in total. The lowest BCUT2D eigenvalue weighted by Crippen LogP contribution is -1.73. The first kappa shape index (κ1) is 21.1. The molecule has 0 radical (unpaired) electrons. The molecule has 2 heterocycles. The van der Waals surface area contributed by atoms with Crippen LogP contribution in [-0.2, 0) is 0 Å². The van der Waals surface area contributed by atoms with Crippen LogP contribution in [-0.4, -0.2) is 0 Å². The molecule has 0 saturated heterocycles. The second-order valence-electron chi connectivity index (χ2n) is 8.91. The Morgan fingerprint density at radius 1 is 0.441 bits per heavy atom. The van der Waals surface area contributed by atoms with Gasteiger partial charge in [-0.25, -0.2) is 0 Å². The maximum absolute atomic E-state index is 2.34. The van der Waals surface area contributed by atoms with Crippen LogP contribution < -0.4 is 0 Å². The summed E-state index contributed by atoms with van der Waals surface area (Å²) in [6.45, 7) is 4.24. The monoisotopic (exact) mass is 472 g/mol. The average molecular weight is 473 g/mol. The van der Waals surface area contributed by atoms with Gasteiger partial charge in [0.2, 0.25) is 0 Å². The highest BCUT2D eigenvalue weighted by molar-refractivity contribution is 7.20. The maximum atomic E-state index is 2.34. The van der Waals surface area contributed by atoms with Crippen LogP contribution in [0.15, 0.2) is 84.9 Å². The summed E-state index contributed by atoms with van der Waals surface area (Å²) in [6, 6.07) is 31.3. The first-order valence-corrected chi connectivity index (χ1v) is 13.1. The SMILES string of the molecule is Cc1ccc(C=Cc2cc3cc4cc5sc(C=Cc6ccc(C)cc6)cc5cc4cc3s2)cc1. The molecule has 6 rings (SSSR count). The number of fused-ring (bicyclic) bond motifs is 3. The van der Waals surface area contributed by atoms with E-state index in [1.165, 1.54) is 63.0 Å². The Bertz CT molecular complexity index is 1490. The number of benzene rings is 4. The van der Waals surface area contributed by atoms with Crippen LogP contribution in [0.5, 0.6) is 0 Å². The fourth-order valence-corrected chi connectivity index (χ4v) is 6.24. The van der Waals surface area contributed by atoms with Gasteiger partial charge in [-0.15, -0.1) is 22.7 Å². The van der Waals surface area contributed by atoms with Gasteiger partial charge in [0.1, 0.15) is 0 Å². The van der Waals surface area contributed by atoms with Crippen molar-refractivity contribution in [1.29, 1.82) is 0 Å². The molecule has 0 fully saturated rings. The van der Waals surface area contributed by atoms with E-state index < -0.39 is 0 Å². The van der Waals surface area contributed by atoms with Crippen molar-refractivity contribution < 1.29 is 0 Å². The van der Waals surface area contributed by atoms with Gasteiger partial charge in [-0.05, 0) is 95.1 Å². The predicted molar refractivity (Wildman–Crippen MR) is 155 cm³/mol. The van der Waals surface area contributed by atoms with Crippen LogP contribution in [0.4, 0.5) is 0 Å². The molecule has 2 heteroatoms. The molecule has 0 atom stereocenters. The lowest BCUT2D eigenvalue weighted by atomic mass is 10.1. The molecule has 164 valence electrons. The molecule has 6 aromatic rings. The average Bonchev–Trinajstić information content (AvgIpc) is 3.42. The van der Waals surface area contributed by atoms with Gasteiger partial charge in [-0.2, -0.15) is 0 Å². The number of hydrogen-bond acceptors (Lipinski definition) is 2. The topological polar surface area (TPSA) is 0 Å². The van der Waals surface area contributed by atoms with Crippen molar-refractivity contribution in [3.8, 4) is 0 Å². The molecular weight excluding hydrogens is 448 g/mol. The number of thiophene rings is 2. The molecule has 0 spiro atoms. The Morgan fingerprint density at radius 3 is 1.26 bits per heavy atom. The van der Waals surface area contributed by atoms with Gasteiger partial charge in [0.05, 0.1) is 0 Å². The van der Waals surface area contributed by atoms with Crippen molar-refractivity contribution in [3.63, 3.8) is 0 Å². The standard InChI is InChI=1S/C32H24S2/c1-21-3-7-23(8-4-21)11-13-29-17-27-15-25-20-32-28(16-26(25)19-31(27)33-29)18-30(34-32)14-12-24-9-5-22(2)6-10-24/h3-20H,1-2H3. The predicted octanol–water partition coefficient (Wildman–Crippen LogP) is 10.2. The van der Waals surface area contributed by atoms with Crippen LogP contribution >= 0.6 is 22.7 Å². The van der Waals surface area contributed by atoms with E-state index in [0.717, 1.165) is 0 Å². The Labute approximate surface area is 208 Å². The minimum Gasteiger partial charge on any atom is -0.136 e. The molecule has 0 amide bonds. The van der Waals surface area contributed by atoms with Crippen LogP contribution in [0.1, 0.15) is 32.0 Å². The van der Waals surface area contributed by atoms with Crippen LogP contribution in [0.25, 0.3) is 55.2 Å². The number of rotatable bonds is 4. The molecule has 0 aliphatic rings. The summed E-state index contributed by atoms with van der Waals surface area (Å²) in [6.07, 6.45) is 8.85. The van der Waals surface area contributed by atoms with E-state index >= 15 is 0 Å². The van der Waals surface area contributed by atoms with Crippen LogP contribution in [0.2, 0.25) is 0 Å². The Hall–Kier alpha value is -3.46. The lowest BCUT2D eigenvalue weighted by molar-refractivity contribution is 1.46. The highest BCUT2D eigenvalue weighted by Gasteiger charge is 2.06. The second kappa shape index (κ2) is 8.72. The Morgan fingerprint density at radius 2 is 0.853 bits per heavy atom. The second-order valence-corrected chi connectivity index (χ2v) is 11.1. The Kier molecular flexibility index (Phi) is 5.41. The minimum absolute atomic E-state index is 1.24. The van der Waals surface area contributed by atoms with Crippen molar-refractivity contribution in [3.05, 3.63) is 117 Å². The number of aryl methyl sites for hydroxylation is 2. The van der Waals surface area contributed by atoms with Gasteiger partial charge < -0.3 is 0 Å². The van der Waals surface area contributed by atoms with Crippen molar-refractivity contribution in [2.45, 2.75) is 13.8 Å². The summed E-state index contributed by atoms with van der Waals surface area (Å²) < 4.78 is 2.68. The van der Waals surface area contributed by atoms with E-state index in [-0.39, 0.29) is 0 Å². The van der Waals surface area contributed by atoms with E-state index in [4.69, 9.17) is 0 Å². The normalized spacial score (nSPS) is 12.2. The first-order valence-electron chi connectivity index (χ1n) is 11.5. The third kappa shape index (κ3) is 4.35. The van der Waals surface area contributed by atoms with Gasteiger partial charge in [-0.3, -0.25) is 0 Å². The van der Waals surface area contributed by atoms with E-state index in [2.05, 4.69) is 123 Å². The third-order valence-electron chi connectivity index (χ3n) is 6.18. The largest absolute Gasteiger partial charge is 0.136 e. The molecule has 34 heavy (non-hydrogen) atoms. The lowest BCUT2D eigenvalue weighted by Gasteiger charge is -1.99. The summed E-state index contributed by atoms with van der Waals surface area (Å²) >= 11 is 3.71. The maximum Gasteiger partial charge on any atom is 0.0355 e. The molecule has 2 aromatic heterocycles.